The summed E-state index contributed by atoms with van der Waals surface area (Å²) >= 11 is 0. The van der Waals surface area contributed by atoms with E-state index in [-0.39, 0.29) is 6.09 Å². The number of nitrogens with one attached hydrogen (secondary N) is 1. The van der Waals surface area contributed by atoms with Crippen molar-refractivity contribution in [2.45, 2.75) is 25.4 Å². The molecule has 21 heavy (non-hydrogen) atoms. The van der Waals surface area contributed by atoms with Gasteiger partial charge in [-0.3, -0.25) is 0 Å². The summed E-state index contributed by atoms with van der Waals surface area (Å²) in [6, 6.07) is 3.74. The van der Waals surface area contributed by atoms with E-state index in [1.165, 1.54) is 0 Å². The number of nitrogens with two attached hydrogens (primary N) is 1. The Balaban J connectivity index is 1.75. The smallest absolute Gasteiger partial charge is 0.409 e. The van der Waals surface area contributed by atoms with Crippen LogP contribution in [-0.4, -0.2) is 47.2 Å². The van der Waals surface area contributed by atoms with Crippen LogP contribution >= 0.6 is 0 Å². The minimum absolute atomic E-state index is 0.265. The number of ether oxygens (including phenoxy) is 1. The predicted octanol–water partition coefficient (Wildman–Crippen LogP) is 1.16. The van der Waals surface area contributed by atoms with E-state index in [1.54, 1.807) is 18.0 Å². The molecule has 3 N–H and O–H groups in total. The van der Waals surface area contributed by atoms with Crippen molar-refractivity contribution in [2.24, 2.45) is 10.7 Å². The number of amidine groups is 1. The first-order chi connectivity index (χ1) is 10.1. The monoisotopic (exact) mass is 289 g/mol. The van der Waals surface area contributed by atoms with E-state index in [9.17, 15) is 4.79 Å². The van der Waals surface area contributed by atoms with Crippen LogP contribution in [0.25, 0.3) is 0 Å². The largest absolute Gasteiger partial charge is 0.450 e. The van der Waals surface area contributed by atoms with Crippen molar-refractivity contribution in [3.8, 4) is 0 Å². The SMILES string of the molecule is CCOC(=O)N1CCC2(CC1)N=C(N)c1cccnc1N2. The average molecular weight is 289 g/mol. The van der Waals surface area contributed by atoms with Crippen LogP contribution in [0.2, 0.25) is 0 Å². The number of hydrogen-bond donors (Lipinski definition) is 2. The number of rotatable bonds is 1. The zero-order chi connectivity index (χ0) is 14.9. The number of carbonyl (C=O) groups is 1. The molecule has 0 aliphatic carbocycles. The zero-order valence-corrected chi connectivity index (χ0v) is 12.0. The Morgan fingerprint density at radius 3 is 3.00 bits per heavy atom. The van der Waals surface area contributed by atoms with Gasteiger partial charge in [-0.25, -0.2) is 14.8 Å². The lowest BCUT2D eigenvalue weighted by molar-refractivity contribution is 0.0905. The van der Waals surface area contributed by atoms with Crippen LogP contribution in [-0.2, 0) is 4.74 Å². The maximum absolute atomic E-state index is 11.7. The fourth-order valence-corrected chi connectivity index (χ4v) is 2.76. The first-order valence-electron chi connectivity index (χ1n) is 7.14. The average Bonchev–Trinajstić information content (AvgIpc) is 2.48. The second kappa shape index (κ2) is 5.23. The van der Waals surface area contributed by atoms with E-state index in [4.69, 9.17) is 10.5 Å². The van der Waals surface area contributed by atoms with Gasteiger partial charge in [0.25, 0.3) is 0 Å². The maximum Gasteiger partial charge on any atom is 0.409 e. The lowest BCUT2D eigenvalue weighted by Crippen LogP contribution is -2.52. The van der Waals surface area contributed by atoms with Gasteiger partial charge in [-0.15, -0.1) is 0 Å². The van der Waals surface area contributed by atoms with Crippen LogP contribution in [0.3, 0.4) is 0 Å². The van der Waals surface area contributed by atoms with Crippen molar-refractivity contribution in [2.75, 3.05) is 25.0 Å². The molecule has 7 nitrogen and oxygen atoms in total. The third-order valence-corrected chi connectivity index (χ3v) is 3.89. The highest BCUT2D eigenvalue weighted by molar-refractivity contribution is 6.03. The van der Waals surface area contributed by atoms with Gasteiger partial charge in [-0.05, 0) is 19.1 Å². The van der Waals surface area contributed by atoms with Crippen LogP contribution in [0.1, 0.15) is 25.3 Å². The minimum atomic E-state index is -0.464. The molecule has 112 valence electrons. The molecule has 1 fully saturated rings. The van der Waals surface area contributed by atoms with Gasteiger partial charge in [-0.2, -0.15) is 0 Å². The Morgan fingerprint density at radius 2 is 2.29 bits per heavy atom. The number of amides is 1. The molecule has 0 aromatic carbocycles. The second-order valence-corrected chi connectivity index (χ2v) is 5.24. The molecule has 2 aliphatic rings. The van der Waals surface area contributed by atoms with Crippen molar-refractivity contribution < 1.29 is 9.53 Å². The lowest BCUT2D eigenvalue weighted by Gasteiger charge is -2.41. The highest BCUT2D eigenvalue weighted by Crippen LogP contribution is 2.32. The van der Waals surface area contributed by atoms with Crippen LogP contribution in [0, 0.1) is 0 Å². The molecular formula is C14H19N5O2. The number of aliphatic imine (C=N–C) groups is 1. The molecular weight excluding hydrogens is 270 g/mol. The van der Waals surface area contributed by atoms with Crippen molar-refractivity contribution in [3.05, 3.63) is 23.9 Å². The van der Waals surface area contributed by atoms with Gasteiger partial charge < -0.3 is 20.7 Å². The molecule has 0 radical (unpaired) electrons. The molecule has 3 rings (SSSR count). The Hall–Kier alpha value is -2.31. The van der Waals surface area contributed by atoms with E-state index >= 15 is 0 Å². The van der Waals surface area contributed by atoms with Gasteiger partial charge >= 0.3 is 6.09 Å². The van der Waals surface area contributed by atoms with Crippen molar-refractivity contribution >= 4 is 17.7 Å². The molecule has 0 bridgehead atoms. The first kappa shape index (κ1) is 13.7. The van der Waals surface area contributed by atoms with Gasteiger partial charge in [0.1, 0.15) is 17.3 Å². The van der Waals surface area contributed by atoms with Crippen molar-refractivity contribution in [1.29, 1.82) is 0 Å². The Bertz CT molecular complexity index is 578. The van der Waals surface area contributed by atoms with Gasteiger partial charge in [0.15, 0.2) is 0 Å². The molecule has 7 heteroatoms. The number of nitrogens with zero attached hydrogens (tertiary/aromatic N) is 3. The fraction of sp³-hybridized carbons (Fsp3) is 0.500. The molecule has 1 amide bonds. The number of piperidine rings is 1. The van der Waals surface area contributed by atoms with Crippen LogP contribution in [0.15, 0.2) is 23.3 Å². The van der Waals surface area contributed by atoms with E-state index in [1.807, 2.05) is 12.1 Å². The molecule has 1 aromatic rings. The fourth-order valence-electron chi connectivity index (χ4n) is 2.76. The summed E-state index contributed by atoms with van der Waals surface area (Å²) in [5.74, 6) is 1.26. The molecule has 1 aromatic heterocycles. The number of anilines is 1. The van der Waals surface area contributed by atoms with Crippen LogP contribution in [0.5, 0.6) is 0 Å². The Labute approximate surface area is 123 Å². The number of hydrogen-bond acceptors (Lipinski definition) is 6. The first-order valence-corrected chi connectivity index (χ1v) is 7.14. The van der Waals surface area contributed by atoms with Crippen molar-refractivity contribution in [3.63, 3.8) is 0 Å². The quantitative estimate of drug-likeness (QED) is 0.809. The third kappa shape index (κ3) is 2.51. The number of fused-ring (bicyclic) bond motifs is 1. The van der Waals surface area contributed by atoms with E-state index < -0.39 is 5.66 Å². The highest BCUT2D eigenvalue weighted by Gasteiger charge is 2.39. The minimum Gasteiger partial charge on any atom is -0.450 e. The molecule has 2 aliphatic heterocycles. The van der Waals surface area contributed by atoms with Crippen LogP contribution < -0.4 is 11.1 Å². The molecule has 3 heterocycles. The second-order valence-electron chi connectivity index (χ2n) is 5.24. The van der Waals surface area contributed by atoms with E-state index in [2.05, 4.69) is 15.3 Å². The lowest BCUT2D eigenvalue weighted by atomic mass is 9.95. The topological polar surface area (TPSA) is 92.8 Å². The van der Waals surface area contributed by atoms with E-state index in [0.29, 0.717) is 38.4 Å². The summed E-state index contributed by atoms with van der Waals surface area (Å²) in [5, 5.41) is 3.38. The summed E-state index contributed by atoms with van der Waals surface area (Å²) in [6.45, 7) is 3.37. The number of aromatic nitrogens is 1. The molecule has 0 atom stereocenters. The normalized spacial score (nSPS) is 19.5. The summed E-state index contributed by atoms with van der Waals surface area (Å²) < 4.78 is 5.03. The maximum atomic E-state index is 11.7. The standard InChI is InChI=1S/C14H19N5O2/c1-2-21-13(20)19-8-5-14(6-9-19)17-11(15)10-4-3-7-16-12(10)18-14/h3-4,7H,2,5-6,8-9H2,1H3,(H2,15,17)(H,16,18). The number of pyridine rings is 1. The summed E-state index contributed by atoms with van der Waals surface area (Å²) in [6.07, 6.45) is 2.83. The molecule has 1 spiro atoms. The molecule has 0 unspecified atom stereocenters. The zero-order valence-electron chi connectivity index (χ0n) is 12.0. The van der Waals surface area contributed by atoms with E-state index in [0.717, 1.165) is 11.4 Å². The van der Waals surface area contributed by atoms with Crippen molar-refractivity contribution in [1.82, 2.24) is 9.88 Å². The number of carbonyl (C=O) groups excluding carboxylic acids is 1. The Morgan fingerprint density at radius 1 is 1.52 bits per heavy atom. The Kier molecular flexibility index (Phi) is 3.40. The number of likely N-dealkylation sites (tertiary alicyclic amines) is 1. The third-order valence-electron chi connectivity index (χ3n) is 3.89. The summed E-state index contributed by atoms with van der Waals surface area (Å²) in [7, 11) is 0. The highest BCUT2D eigenvalue weighted by atomic mass is 16.6. The predicted molar refractivity (Wildman–Crippen MR) is 79.1 cm³/mol. The molecule has 0 saturated carbocycles. The summed E-state index contributed by atoms with van der Waals surface area (Å²) in [5.41, 5.74) is 6.42. The van der Waals surface area contributed by atoms with Gasteiger partial charge in [0, 0.05) is 32.1 Å². The van der Waals surface area contributed by atoms with Gasteiger partial charge in [0.05, 0.1) is 12.2 Å². The van der Waals surface area contributed by atoms with Gasteiger partial charge in [0.2, 0.25) is 0 Å². The molecule has 1 saturated heterocycles. The van der Waals surface area contributed by atoms with Gasteiger partial charge in [-0.1, -0.05) is 0 Å². The van der Waals surface area contributed by atoms with Crippen LogP contribution in [0.4, 0.5) is 10.6 Å². The summed E-state index contributed by atoms with van der Waals surface area (Å²) in [4.78, 5) is 22.4.